The van der Waals surface area contributed by atoms with E-state index >= 15 is 0 Å². The smallest absolute Gasteiger partial charge is 0.0297 e. The summed E-state index contributed by atoms with van der Waals surface area (Å²) in [5, 5.41) is 15.5. The van der Waals surface area contributed by atoms with Gasteiger partial charge in [0.05, 0.1) is 0 Å². The van der Waals surface area contributed by atoms with Crippen molar-refractivity contribution in [2.24, 2.45) is 0 Å². The van der Waals surface area contributed by atoms with E-state index in [0.29, 0.717) is 0 Å². The molecule has 0 nitrogen and oxygen atoms in total. The zero-order valence-electron chi connectivity index (χ0n) is 24.6. The van der Waals surface area contributed by atoms with E-state index in [0.717, 1.165) is 8.95 Å². The zero-order valence-corrected chi connectivity index (χ0v) is 32.1. The number of halogens is 4. The molecule has 0 N–H and O–H groups in total. The highest BCUT2D eigenvalue weighted by molar-refractivity contribution is 14.1. The maximum Gasteiger partial charge on any atom is 0.0297 e. The first-order chi connectivity index (χ1) is 21.2. The number of aryl methyl sites for hydroxylation is 4. The van der Waals surface area contributed by atoms with Gasteiger partial charge in [0, 0.05) is 48.8 Å². The number of hydrogen-bond donors (Lipinski definition) is 0. The fourth-order valence-corrected chi connectivity index (χ4v) is 11.4. The monoisotopic (exact) mass is 918 g/mol. The molecule has 8 aromatic rings. The number of benzene rings is 8. The van der Waals surface area contributed by atoms with E-state index in [1.807, 2.05) is 0 Å². The minimum atomic E-state index is 1.14. The summed E-state index contributed by atoms with van der Waals surface area (Å²) in [6.45, 7) is 8.96. The normalized spacial score (nSPS) is 12.1. The summed E-state index contributed by atoms with van der Waals surface area (Å²) >= 11 is 13.5. The first-order valence-corrected chi connectivity index (χ1v) is 18.4. The Morgan fingerprint density at radius 1 is 0.432 bits per heavy atom. The molecule has 0 atom stereocenters. The average molecular weight is 920 g/mol. The molecule has 44 heavy (non-hydrogen) atoms. The molecule has 4 heteroatoms. The molecule has 0 saturated carbocycles. The van der Waals surface area contributed by atoms with Gasteiger partial charge in [0.25, 0.3) is 0 Å². The molecule has 0 unspecified atom stereocenters. The van der Waals surface area contributed by atoms with Crippen molar-refractivity contribution in [2.45, 2.75) is 27.7 Å². The van der Waals surface area contributed by atoms with Crippen molar-refractivity contribution in [1.82, 2.24) is 0 Å². The van der Waals surface area contributed by atoms with Crippen molar-refractivity contribution in [3.05, 3.63) is 123 Å². The van der Waals surface area contributed by atoms with Gasteiger partial charge in [-0.1, -0.05) is 116 Å². The van der Waals surface area contributed by atoms with Gasteiger partial charge < -0.3 is 0 Å². The fourth-order valence-electron chi connectivity index (χ4n) is 7.52. The van der Waals surface area contributed by atoms with Gasteiger partial charge in [0.2, 0.25) is 0 Å². The Kier molecular flexibility index (Phi) is 7.06. The van der Waals surface area contributed by atoms with Gasteiger partial charge in [-0.25, -0.2) is 0 Å². The third-order valence-corrected chi connectivity index (χ3v) is 12.5. The highest BCUT2D eigenvalue weighted by Crippen LogP contribution is 2.53. The van der Waals surface area contributed by atoms with Crippen LogP contribution in [0.5, 0.6) is 0 Å². The summed E-state index contributed by atoms with van der Waals surface area (Å²) in [6.07, 6.45) is 0. The van der Waals surface area contributed by atoms with Crippen LogP contribution in [0.2, 0.25) is 0 Å². The van der Waals surface area contributed by atoms with Crippen molar-refractivity contribution >= 4 is 142 Å². The van der Waals surface area contributed by atoms with Crippen LogP contribution < -0.4 is 0 Å². The van der Waals surface area contributed by atoms with Gasteiger partial charge in [-0.3, -0.25) is 0 Å². The molecule has 0 spiro atoms. The van der Waals surface area contributed by atoms with E-state index in [2.05, 4.69) is 190 Å². The standard InChI is InChI=1S/C40H26Br2I2/c1-19-13-21(3)31-27(15-19)33-29(41)17-23-9-5-7-11-25(23)35(33)37(39(31)43)38-36-26-12-8-6-10-24(26)18-30(42)34(36)28-16-20(2)14-22(4)32(28)40(38)44/h5-18H,1-4H3. The van der Waals surface area contributed by atoms with Gasteiger partial charge in [0.1, 0.15) is 0 Å². The molecule has 214 valence electrons. The largest absolute Gasteiger partial charge is 0.0616 e. The lowest BCUT2D eigenvalue weighted by Crippen LogP contribution is -1.99. The average Bonchev–Trinajstić information content (AvgIpc) is 2.97. The third-order valence-electron chi connectivity index (χ3n) is 9.13. The molecule has 0 aliphatic rings. The molecule has 8 rings (SSSR count). The topological polar surface area (TPSA) is 0 Å². The summed E-state index contributed by atoms with van der Waals surface area (Å²) in [4.78, 5) is 0. The van der Waals surface area contributed by atoms with Crippen molar-refractivity contribution in [3.8, 4) is 11.1 Å². The Morgan fingerprint density at radius 3 is 1.23 bits per heavy atom. The summed E-state index contributed by atoms with van der Waals surface area (Å²) in [5.74, 6) is 0. The predicted molar refractivity (Wildman–Crippen MR) is 217 cm³/mol. The van der Waals surface area contributed by atoms with Crippen LogP contribution in [0, 0.1) is 34.8 Å². The Hall–Kier alpha value is -2.26. The third kappa shape index (κ3) is 4.16. The maximum atomic E-state index is 4.09. The SMILES string of the molecule is Cc1cc(C)c2c(I)c(-c3c(I)c4c(C)cc(C)cc4c4c(Br)cc5ccccc5c34)c3c4ccccc4cc(Br)c3c2c1. The van der Waals surface area contributed by atoms with Crippen molar-refractivity contribution in [1.29, 1.82) is 0 Å². The lowest BCUT2D eigenvalue weighted by Gasteiger charge is -2.24. The quantitative estimate of drug-likeness (QED) is 0.114. The molecular formula is C40H26Br2I2. The first-order valence-electron chi connectivity index (χ1n) is 14.6. The van der Waals surface area contributed by atoms with E-state index in [9.17, 15) is 0 Å². The van der Waals surface area contributed by atoms with E-state index in [1.54, 1.807) is 0 Å². The van der Waals surface area contributed by atoms with Crippen molar-refractivity contribution in [2.75, 3.05) is 0 Å². The summed E-state index contributed by atoms with van der Waals surface area (Å²) in [7, 11) is 0. The Morgan fingerprint density at radius 2 is 0.818 bits per heavy atom. The Bertz CT molecular complexity index is 2400. The maximum absolute atomic E-state index is 4.09. The number of rotatable bonds is 1. The molecule has 0 aromatic heterocycles. The van der Waals surface area contributed by atoms with Crippen LogP contribution in [0.1, 0.15) is 22.3 Å². The second kappa shape index (κ2) is 10.6. The summed E-state index contributed by atoms with van der Waals surface area (Å²) in [6, 6.07) is 31.7. The second-order valence-electron chi connectivity index (χ2n) is 12.0. The lowest BCUT2D eigenvalue weighted by molar-refractivity contribution is 1.42. The van der Waals surface area contributed by atoms with Gasteiger partial charge in [-0.15, -0.1) is 0 Å². The van der Waals surface area contributed by atoms with Gasteiger partial charge in [-0.05, 0) is 139 Å². The molecule has 0 aliphatic heterocycles. The summed E-state index contributed by atoms with van der Waals surface area (Å²) in [5.41, 5.74) is 7.82. The van der Waals surface area contributed by atoms with E-state index < -0.39 is 0 Å². The Labute approximate surface area is 300 Å². The van der Waals surface area contributed by atoms with Crippen LogP contribution in [-0.2, 0) is 0 Å². The molecule has 0 amide bonds. The fraction of sp³-hybridized carbons (Fsp3) is 0.100. The van der Waals surface area contributed by atoms with Gasteiger partial charge in [-0.2, -0.15) is 0 Å². The Balaban J connectivity index is 1.79. The van der Waals surface area contributed by atoms with E-state index in [-0.39, 0.29) is 0 Å². The minimum absolute atomic E-state index is 1.14. The molecule has 0 fully saturated rings. The highest BCUT2D eigenvalue weighted by atomic mass is 127. The predicted octanol–water partition coefficient (Wildman–Crippen LogP) is 14.2. The summed E-state index contributed by atoms with van der Waals surface area (Å²) < 4.78 is 4.88. The van der Waals surface area contributed by atoms with Gasteiger partial charge >= 0.3 is 0 Å². The van der Waals surface area contributed by atoms with Crippen LogP contribution in [0.4, 0.5) is 0 Å². The van der Waals surface area contributed by atoms with Crippen LogP contribution in [0.25, 0.3) is 75.8 Å². The molecule has 0 aliphatic carbocycles. The number of fused-ring (bicyclic) bond motifs is 10. The van der Waals surface area contributed by atoms with Crippen LogP contribution >= 0.6 is 77.0 Å². The minimum Gasteiger partial charge on any atom is -0.0616 e. The van der Waals surface area contributed by atoms with Crippen molar-refractivity contribution in [3.63, 3.8) is 0 Å². The number of hydrogen-bond acceptors (Lipinski definition) is 0. The van der Waals surface area contributed by atoms with Gasteiger partial charge in [0.15, 0.2) is 0 Å². The first kappa shape index (κ1) is 29.2. The molecule has 0 bridgehead atoms. The van der Waals surface area contributed by atoms with E-state index in [4.69, 9.17) is 0 Å². The highest BCUT2D eigenvalue weighted by Gasteiger charge is 2.26. The van der Waals surface area contributed by atoms with E-state index in [1.165, 1.54) is 105 Å². The lowest BCUT2D eigenvalue weighted by atomic mass is 9.83. The van der Waals surface area contributed by atoms with Crippen LogP contribution in [0.15, 0.2) is 93.9 Å². The molecular weight excluding hydrogens is 894 g/mol. The zero-order chi connectivity index (χ0) is 30.6. The van der Waals surface area contributed by atoms with Crippen LogP contribution in [0.3, 0.4) is 0 Å². The molecule has 0 saturated heterocycles. The molecule has 0 heterocycles. The molecule has 8 aromatic carbocycles. The second-order valence-corrected chi connectivity index (χ2v) is 15.9. The molecule has 0 radical (unpaired) electrons. The van der Waals surface area contributed by atoms with Crippen molar-refractivity contribution < 1.29 is 0 Å². The van der Waals surface area contributed by atoms with Crippen LogP contribution in [-0.4, -0.2) is 0 Å².